The van der Waals surface area contributed by atoms with Crippen molar-refractivity contribution in [1.29, 1.82) is 5.26 Å². The Morgan fingerprint density at radius 1 is 1.13 bits per heavy atom. The van der Waals surface area contributed by atoms with Gasteiger partial charge >= 0.3 is 0 Å². The predicted octanol–water partition coefficient (Wildman–Crippen LogP) is 3.34. The molecule has 0 saturated carbocycles. The number of hydrogen-bond donors (Lipinski definition) is 1. The van der Waals surface area contributed by atoms with Crippen molar-refractivity contribution in [3.8, 4) is 11.8 Å². The molecule has 0 bridgehead atoms. The zero-order valence-corrected chi connectivity index (χ0v) is 12.9. The standard InChI is InChI=1S/C18H17FN2O2/c1-12(15-5-7-16(19)8-6-15)21-18(22)13(2)23-17-9-3-14(11-20)4-10-17/h3-10,12-13H,1-2H3,(H,21,22)/t12-,13-/m0/s1. The molecule has 1 N–H and O–H groups in total. The summed E-state index contributed by atoms with van der Waals surface area (Å²) < 4.78 is 18.5. The van der Waals surface area contributed by atoms with Gasteiger partial charge < -0.3 is 10.1 Å². The van der Waals surface area contributed by atoms with Gasteiger partial charge in [-0.05, 0) is 55.8 Å². The summed E-state index contributed by atoms with van der Waals surface area (Å²) >= 11 is 0. The molecule has 0 radical (unpaired) electrons. The van der Waals surface area contributed by atoms with E-state index in [0.29, 0.717) is 11.3 Å². The number of amides is 1. The SMILES string of the molecule is C[C@H](Oc1ccc(C#N)cc1)C(=O)N[C@@H](C)c1ccc(F)cc1. The molecule has 0 aliphatic rings. The summed E-state index contributed by atoms with van der Waals surface area (Å²) in [4.78, 5) is 12.2. The molecule has 0 heterocycles. The first-order valence-corrected chi connectivity index (χ1v) is 7.22. The van der Waals surface area contributed by atoms with Crippen LogP contribution < -0.4 is 10.1 Å². The maximum absolute atomic E-state index is 12.9. The Morgan fingerprint density at radius 3 is 2.30 bits per heavy atom. The van der Waals surface area contributed by atoms with Gasteiger partial charge in [-0.1, -0.05) is 12.1 Å². The minimum atomic E-state index is -0.689. The Kier molecular flexibility index (Phi) is 5.32. The lowest BCUT2D eigenvalue weighted by Gasteiger charge is -2.19. The van der Waals surface area contributed by atoms with Crippen molar-refractivity contribution in [2.75, 3.05) is 0 Å². The van der Waals surface area contributed by atoms with Crippen LogP contribution in [0, 0.1) is 17.1 Å². The van der Waals surface area contributed by atoms with Crippen LogP contribution in [0.5, 0.6) is 5.75 Å². The van der Waals surface area contributed by atoms with Crippen molar-refractivity contribution in [3.63, 3.8) is 0 Å². The summed E-state index contributed by atoms with van der Waals surface area (Å²) in [5, 5.41) is 11.6. The molecule has 2 rings (SSSR count). The van der Waals surface area contributed by atoms with Gasteiger partial charge in [0, 0.05) is 0 Å². The number of carbonyl (C=O) groups is 1. The smallest absolute Gasteiger partial charge is 0.261 e. The predicted molar refractivity (Wildman–Crippen MR) is 84.2 cm³/mol. The fourth-order valence-corrected chi connectivity index (χ4v) is 2.03. The Labute approximate surface area is 134 Å². The third kappa shape index (κ3) is 4.55. The van der Waals surface area contributed by atoms with Gasteiger partial charge in [0.05, 0.1) is 17.7 Å². The third-order valence-corrected chi connectivity index (χ3v) is 3.39. The second-order valence-corrected chi connectivity index (χ2v) is 5.18. The van der Waals surface area contributed by atoms with Crippen LogP contribution in [0.15, 0.2) is 48.5 Å². The molecular formula is C18H17FN2O2. The van der Waals surface area contributed by atoms with Crippen LogP contribution in [0.25, 0.3) is 0 Å². The first-order chi connectivity index (χ1) is 11.0. The lowest BCUT2D eigenvalue weighted by Crippen LogP contribution is -2.37. The normalized spacial score (nSPS) is 12.8. The number of nitrogens with one attached hydrogen (secondary N) is 1. The van der Waals surface area contributed by atoms with Crippen molar-refractivity contribution >= 4 is 5.91 Å². The molecular weight excluding hydrogens is 295 g/mol. The van der Waals surface area contributed by atoms with E-state index in [1.54, 1.807) is 43.3 Å². The number of benzene rings is 2. The second-order valence-electron chi connectivity index (χ2n) is 5.18. The summed E-state index contributed by atoms with van der Waals surface area (Å²) in [6, 6.07) is 14.3. The monoisotopic (exact) mass is 312 g/mol. The quantitative estimate of drug-likeness (QED) is 0.921. The third-order valence-electron chi connectivity index (χ3n) is 3.39. The maximum atomic E-state index is 12.9. The molecule has 23 heavy (non-hydrogen) atoms. The summed E-state index contributed by atoms with van der Waals surface area (Å²) in [6.45, 7) is 3.46. The molecule has 1 amide bonds. The van der Waals surface area contributed by atoms with Crippen molar-refractivity contribution < 1.29 is 13.9 Å². The minimum absolute atomic E-state index is 0.255. The highest BCUT2D eigenvalue weighted by molar-refractivity contribution is 5.81. The van der Waals surface area contributed by atoms with Crippen molar-refractivity contribution in [1.82, 2.24) is 5.32 Å². The van der Waals surface area contributed by atoms with E-state index in [0.717, 1.165) is 5.56 Å². The lowest BCUT2D eigenvalue weighted by atomic mass is 10.1. The number of ether oxygens (including phenoxy) is 1. The first-order valence-electron chi connectivity index (χ1n) is 7.22. The maximum Gasteiger partial charge on any atom is 0.261 e. The van der Waals surface area contributed by atoms with Crippen molar-refractivity contribution in [3.05, 3.63) is 65.5 Å². The number of hydrogen-bond acceptors (Lipinski definition) is 3. The van der Waals surface area contributed by atoms with Gasteiger partial charge in [-0.25, -0.2) is 4.39 Å². The average Bonchev–Trinajstić information content (AvgIpc) is 2.56. The molecule has 0 spiro atoms. The van der Waals surface area contributed by atoms with E-state index >= 15 is 0 Å². The lowest BCUT2D eigenvalue weighted by molar-refractivity contribution is -0.127. The van der Waals surface area contributed by atoms with E-state index in [1.165, 1.54) is 12.1 Å². The van der Waals surface area contributed by atoms with E-state index in [9.17, 15) is 9.18 Å². The number of nitrogens with zero attached hydrogens (tertiary/aromatic N) is 1. The summed E-state index contributed by atoms with van der Waals surface area (Å²) in [7, 11) is 0. The van der Waals surface area contributed by atoms with Crippen LogP contribution in [0.4, 0.5) is 4.39 Å². The molecule has 118 valence electrons. The Hall–Kier alpha value is -2.87. The van der Waals surface area contributed by atoms with E-state index in [-0.39, 0.29) is 17.8 Å². The van der Waals surface area contributed by atoms with Crippen LogP contribution >= 0.6 is 0 Å². The highest BCUT2D eigenvalue weighted by atomic mass is 19.1. The Balaban J connectivity index is 1.93. The van der Waals surface area contributed by atoms with Gasteiger partial charge in [0.25, 0.3) is 5.91 Å². The van der Waals surface area contributed by atoms with Gasteiger partial charge in [0.15, 0.2) is 6.10 Å². The highest BCUT2D eigenvalue weighted by Crippen LogP contribution is 2.16. The molecule has 2 aromatic rings. The zero-order chi connectivity index (χ0) is 16.8. The fourth-order valence-electron chi connectivity index (χ4n) is 2.03. The van der Waals surface area contributed by atoms with Gasteiger partial charge in [-0.15, -0.1) is 0 Å². The van der Waals surface area contributed by atoms with E-state index in [4.69, 9.17) is 10.00 Å². The Morgan fingerprint density at radius 2 is 1.74 bits per heavy atom. The highest BCUT2D eigenvalue weighted by Gasteiger charge is 2.17. The zero-order valence-electron chi connectivity index (χ0n) is 12.9. The minimum Gasteiger partial charge on any atom is -0.481 e. The van der Waals surface area contributed by atoms with E-state index in [1.807, 2.05) is 13.0 Å². The molecule has 0 aliphatic carbocycles. The van der Waals surface area contributed by atoms with Gasteiger partial charge in [0.2, 0.25) is 0 Å². The number of nitriles is 1. The van der Waals surface area contributed by atoms with E-state index in [2.05, 4.69) is 5.32 Å². The summed E-state index contributed by atoms with van der Waals surface area (Å²) in [6.07, 6.45) is -0.689. The topological polar surface area (TPSA) is 62.1 Å². The van der Waals surface area contributed by atoms with Gasteiger partial charge in [-0.3, -0.25) is 4.79 Å². The number of halogens is 1. The number of rotatable bonds is 5. The van der Waals surface area contributed by atoms with Gasteiger partial charge in [-0.2, -0.15) is 5.26 Å². The van der Waals surface area contributed by atoms with E-state index < -0.39 is 6.10 Å². The summed E-state index contributed by atoms with van der Waals surface area (Å²) in [5.74, 6) is -0.0722. The molecule has 0 fully saturated rings. The molecule has 2 aromatic carbocycles. The molecule has 0 aromatic heterocycles. The average molecular weight is 312 g/mol. The van der Waals surface area contributed by atoms with Crippen molar-refractivity contribution in [2.24, 2.45) is 0 Å². The molecule has 5 heteroatoms. The molecule has 4 nitrogen and oxygen atoms in total. The molecule has 2 atom stereocenters. The van der Waals surface area contributed by atoms with Crippen LogP contribution in [-0.4, -0.2) is 12.0 Å². The molecule has 0 saturated heterocycles. The first kappa shape index (κ1) is 16.5. The van der Waals surface area contributed by atoms with Crippen LogP contribution in [0.2, 0.25) is 0 Å². The molecule has 0 unspecified atom stereocenters. The van der Waals surface area contributed by atoms with Crippen LogP contribution in [-0.2, 0) is 4.79 Å². The number of carbonyl (C=O) groups excluding carboxylic acids is 1. The molecule has 0 aliphatic heterocycles. The van der Waals surface area contributed by atoms with Crippen LogP contribution in [0.3, 0.4) is 0 Å². The fraction of sp³-hybridized carbons (Fsp3) is 0.222. The van der Waals surface area contributed by atoms with Crippen molar-refractivity contribution in [2.45, 2.75) is 26.0 Å². The second kappa shape index (κ2) is 7.41. The van der Waals surface area contributed by atoms with Gasteiger partial charge in [0.1, 0.15) is 11.6 Å². The Bertz CT molecular complexity index is 705. The largest absolute Gasteiger partial charge is 0.481 e. The summed E-state index contributed by atoms with van der Waals surface area (Å²) in [5.41, 5.74) is 1.34. The van der Waals surface area contributed by atoms with Crippen LogP contribution in [0.1, 0.15) is 31.0 Å².